The molecule has 0 aliphatic rings. The van der Waals surface area contributed by atoms with Gasteiger partial charge in [0.1, 0.15) is 34.5 Å². The van der Waals surface area contributed by atoms with Crippen molar-refractivity contribution < 1.29 is 76.4 Å². The first-order valence-electron chi connectivity index (χ1n) is 31.1. The minimum atomic E-state index is -3.08. The third-order valence-electron chi connectivity index (χ3n) is 12.1. The summed E-state index contributed by atoms with van der Waals surface area (Å²) in [6, 6.07) is 1.15. The Morgan fingerprint density at radius 2 is 0.910 bits per heavy atom. The SMILES string of the molecule is CC(C)(C)OC(=O)CC[C@H](NC(=O)N[C@@H](CCCCNC(=O)CCCCCCC(=O)NC(CCCCNC(=O)c1ccc(CN(C(=N)NC(=O)OC(C)(C)C)C(=O)OC(C)(C)C)[c]([Sn]([CH3])([CH3])[CH3])c1)C(=O)OC(C)(C)C)C(=O)OC(C)(C)C)C(=O)OC(C)(C)C. The number of ether oxygens (including phenoxy) is 6. The van der Waals surface area contributed by atoms with E-state index in [1.165, 1.54) is 0 Å². The van der Waals surface area contributed by atoms with Crippen LogP contribution in [0.5, 0.6) is 0 Å². The molecule has 0 fully saturated rings. The molecule has 0 saturated carbocycles. The fourth-order valence-corrected chi connectivity index (χ4v) is 13.3. The molecule has 1 rings (SSSR count). The molecular weight excluding hydrogens is 1260 g/mol. The number of carbonyl (C=O) groups excluding carboxylic acids is 10. The number of alkyl carbamates (subject to hydrolysis) is 1. The molecule has 25 heteroatoms. The number of rotatable bonds is 30. The summed E-state index contributed by atoms with van der Waals surface area (Å²) in [5.41, 5.74) is -3.93. The number of amides is 7. The van der Waals surface area contributed by atoms with Crippen molar-refractivity contribution in [1.82, 2.24) is 36.8 Å². The number of nitrogens with zero attached hydrogens (tertiary/aromatic N) is 1. The molecule has 89 heavy (non-hydrogen) atoms. The van der Waals surface area contributed by atoms with Gasteiger partial charge in [0.15, 0.2) is 0 Å². The molecule has 1 unspecified atom stereocenters. The van der Waals surface area contributed by atoms with Crippen LogP contribution in [0, 0.1) is 5.41 Å². The smallest absolute Gasteiger partial charge is 0.458 e. The van der Waals surface area contributed by atoms with E-state index in [2.05, 4.69) is 46.7 Å². The fourth-order valence-electron chi connectivity index (χ4n) is 8.38. The number of guanidine groups is 1. The Balaban J connectivity index is 2.80. The van der Waals surface area contributed by atoms with Crippen LogP contribution in [-0.4, -0.2) is 154 Å². The van der Waals surface area contributed by atoms with E-state index in [9.17, 15) is 47.9 Å². The molecule has 0 aromatic heterocycles. The third kappa shape index (κ3) is 38.2. The molecule has 0 aliphatic carbocycles. The predicted molar refractivity (Wildman–Crippen MR) is 343 cm³/mol. The van der Waals surface area contributed by atoms with Crippen molar-refractivity contribution in [3.63, 3.8) is 0 Å². The zero-order valence-corrected chi connectivity index (χ0v) is 60.3. The van der Waals surface area contributed by atoms with Gasteiger partial charge in [-0.15, -0.1) is 0 Å². The van der Waals surface area contributed by atoms with Gasteiger partial charge in [-0.2, -0.15) is 0 Å². The Morgan fingerprint density at radius 3 is 1.36 bits per heavy atom. The van der Waals surface area contributed by atoms with E-state index < -0.39 is 118 Å². The van der Waals surface area contributed by atoms with Crippen LogP contribution in [0.25, 0.3) is 0 Å². The molecule has 1 aromatic rings. The average Bonchev–Trinajstić information content (AvgIpc) is 0.994. The second kappa shape index (κ2) is 36.0. The van der Waals surface area contributed by atoms with Gasteiger partial charge in [-0.1, -0.05) is 12.8 Å². The van der Waals surface area contributed by atoms with Crippen molar-refractivity contribution >= 4 is 87.7 Å². The van der Waals surface area contributed by atoms with Gasteiger partial charge >= 0.3 is 277 Å². The molecule has 1 aromatic carbocycles. The number of nitrogens with one attached hydrogen (secondary N) is 7. The maximum atomic E-state index is 13.6. The topological polar surface area (TPSA) is 325 Å². The van der Waals surface area contributed by atoms with Crippen LogP contribution in [-0.2, 0) is 63.7 Å². The first-order chi connectivity index (χ1) is 40.5. The summed E-state index contributed by atoms with van der Waals surface area (Å²) in [4.78, 5) is 138. The van der Waals surface area contributed by atoms with Crippen LogP contribution in [0.3, 0.4) is 0 Å². The second-order valence-electron chi connectivity index (χ2n) is 29.2. The van der Waals surface area contributed by atoms with Crippen LogP contribution in [0.4, 0.5) is 14.4 Å². The number of hydrogen-bond acceptors (Lipinski definition) is 17. The first kappa shape index (κ1) is 80.8. The van der Waals surface area contributed by atoms with Crippen LogP contribution in [0.15, 0.2) is 18.2 Å². The normalized spacial score (nSPS) is 13.2. The zero-order chi connectivity index (χ0) is 68.5. The number of esters is 4. The minimum absolute atomic E-state index is 0.110. The fraction of sp³-hybridized carbons (Fsp3) is 0.734. The Morgan fingerprint density at radius 1 is 0.483 bits per heavy atom. The number of unbranched alkanes of at least 4 members (excludes halogenated alkanes) is 5. The van der Waals surface area contributed by atoms with Gasteiger partial charge in [0.05, 0.1) is 0 Å². The molecule has 0 saturated heterocycles. The monoisotopic (exact) mass is 1370 g/mol. The van der Waals surface area contributed by atoms with Crippen molar-refractivity contribution in [1.29, 1.82) is 5.41 Å². The third-order valence-corrected chi connectivity index (χ3v) is 18.0. The van der Waals surface area contributed by atoms with Gasteiger partial charge in [-0.3, -0.25) is 14.4 Å². The number of hydrogen-bond donors (Lipinski definition) is 7. The summed E-state index contributed by atoms with van der Waals surface area (Å²) in [6.45, 7) is 31.1. The van der Waals surface area contributed by atoms with Crippen molar-refractivity contribution in [3.8, 4) is 0 Å². The van der Waals surface area contributed by atoms with E-state index in [4.69, 9.17) is 33.8 Å². The quantitative estimate of drug-likeness (QED) is 0.00941. The van der Waals surface area contributed by atoms with E-state index in [-0.39, 0.29) is 69.3 Å². The number of urea groups is 1. The van der Waals surface area contributed by atoms with Gasteiger partial charge < -0.3 is 30.2 Å². The zero-order valence-electron chi connectivity index (χ0n) is 57.5. The molecule has 0 spiro atoms. The Bertz CT molecular complexity index is 2560. The van der Waals surface area contributed by atoms with Crippen molar-refractivity contribution in [2.45, 2.75) is 288 Å². The van der Waals surface area contributed by atoms with Crippen molar-refractivity contribution in [3.05, 3.63) is 29.3 Å². The first-order valence-corrected chi connectivity index (χ1v) is 41.1. The van der Waals surface area contributed by atoms with Crippen molar-refractivity contribution in [2.75, 3.05) is 13.1 Å². The van der Waals surface area contributed by atoms with E-state index in [1.807, 2.05) is 6.07 Å². The standard InChI is InChI=1S/C61H101N8O16.3CH3.Sn/c1-56(2,3)80-47(72)36-35-44(51(76)83-59(10,11)12)67-53(77)66-43(50(75)82-58(7,8)9)28-23-25-37-63-45(70)29-21-19-20-22-30-46(71)65-42(49(74)81-57(4,5)6)27-24-26-38-64-48(73)41-33-31-40(32-34-41)39-69(55(79)85-61(16,17)18)52(62)68-54(78)84-60(13,14)15;;;;/h31,33-34,42-44H,19-30,35-39H2,1-18H3,(H,63,70)(H,64,73)(H,65,71)(H2,62,68,78)(H2,66,67,77);3*1H3;/t42?,43-,44-;;;;/m0..../s1. The van der Waals surface area contributed by atoms with Gasteiger partial charge in [-0.25, -0.2) is 14.4 Å². The van der Waals surface area contributed by atoms with E-state index in [0.29, 0.717) is 69.0 Å². The molecule has 0 aliphatic heterocycles. The summed E-state index contributed by atoms with van der Waals surface area (Å²) in [6.07, 6.45) is 3.13. The molecule has 506 valence electrons. The molecule has 0 heterocycles. The van der Waals surface area contributed by atoms with E-state index in [1.54, 1.807) is 137 Å². The second-order valence-corrected chi connectivity index (χ2v) is 43.6. The van der Waals surface area contributed by atoms with Gasteiger partial charge in [0.2, 0.25) is 5.91 Å². The molecule has 7 amide bonds. The van der Waals surface area contributed by atoms with Crippen LogP contribution < -0.4 is 35.5 Å². The maximum absolute atomic E-state index is 13.6. The molecule has 0 radical (unpaired) electrons. The molecular formula is C64H110N8O16Sn. The van der Waals surface area contributed by atoms with E-state index in [0.717, 1.165) is 8.48 Å². The summed E-state index contributed by atoms with van der Waals surface area (Å²) in [5, 5.41) is 24.9. The molecule has 0 bridgehead atoms. The molecule has 7 N–H and O–H groups in total. The summed E-state index contributed by atoms with van der Waals surface area (Å²) in [7, 11) is 0. The van der Waals surface area contributed by atoms with Gasteiger partial charge in [0, 0.05) is 25.8 Å². The summed E-state index contributed by atoms with van der Waals surface area (Å²) >= 11 is -3.08. The van der Waals surface area contributed by atoms with E-state index >= 15 is 0 Å². The molecule has 24 nitrogen and oxygen atoms in total. The summed E-state index contributed by atoms with van der Waals surface area (Å²) in [5.74, 6) is -3.89. The number of carbonyl (C=O) groups is 10. The van der Waals surface area contributed by atoms with Crippen LogP contribution in [0.2, 0.25) is 14.8 Å². The van der Waals surface area contributed by atoms with Crippen molar-refractivity contribution in [2.24, 2.45) is 0 Å². The van der Waals surface area contributed by atoms with Gasteiger partial charge in [-0.05, 0) is 122 Å². The predicted octanol–water partition coefficient (Wildman–Crippen LogP) is 9.62. The Hall–Kier alpha value is -6.21. The Labute approximate surface area is 533 Å². The molecule has 3 atom stereocenters. The summed E-state index contributed by atoms with van der Waals surface area (Å²) < 4.78 is 33.9. The average molecular weight is 1370 g/mol. The Kier molecular flexibility index (Phi) is 32.7. The van der Waals surface area contributed by atoms with Crippen LogP contribution in [0.1, 0.15) is 230 Å². The van der Waals surface area contributed by atoms with Gasteiger partial charge in [0.25, 0.3) is 0 Å². The minimum Gasteiger partial charge on any atom is -0.458 e. The van der Waals surface area contributed by atoms with Crippen LogP contribution >= 0.6 is 0 Å². The number of benzene rings is 1.